The number of aldehydes is 1. The molecule has 1 fully saturated rings. The molecule has 2 N–H and O–H groups in total. The van der Waals surface area contributed by atoms with Gasteiger partial charge in [0, 0.05) is 0 Å². The van der Waals surface area contributed by atoms with Gasteiger partial charge in [-0.15, -0.1) is 0 Å². The Morgan fingerprint density at radius 2 is 2.30 bits per heavy atom. The first-order valence-corrected chi connectivity index (χ1v) is 2.82. The van der Waals surface area contributed by atoms with E-state index in [2.05, 4.69) is 4.84 Å². The summed E-state index contributed by atoms with van der Waals surface area (Å²) in [6.07, 6.45) is 0.518. The molecule has 56 valence electrons. The lowest BCUT2D eigenvalue weighted by Gasteiger charge is -2.05. The van der Waals surface area contributed by atoms with Crippen LogP contribution in [0.1, 0.15) is 12.8 Å². The van der Waals surface area contributed by atoms with Crippen molar-refractivity contribution in [1.29, 1.82) is 0 Å². The molecule has 1 aliphatic carbocycles. The lowest BCUT2D eigenvalue weighted by molar-refractivity contribution is -0.125. The number of amides is 1. The maximum absolute atomic E-state index is 10.1. The molecule has 0 saturated heterocycles. The molecule has 1 amide bonds. The van der Waals surface area contributed by atoms with Gasteiger partial charge >= 0.3 is 6.09 Å². The average molecular weight is 145 g/mol. The Balaban J connectivity index is 2.25. The summed E-state index contributed by atoms with van der Waals surface area (Å²) in [6, 6.07) is 0. The zero-order chi connectivity index (χ0) is 7.61. The molecule has 0 unspecified atom stereocenters. The topological polar surface area (TPSA) is 75.6 Å². The number of carbonyl (C=O) groups is 2. The Labute approximate surface area is 56.9 Å². The molecule has 0 heterocycles. The van der Waals surface area contributed by atoms with Gasteiger partial charge in [-0.25, -0.2) is 4.79 Å². The summed E-state index contributed by atoms with van der Waals surface area (Å²) in [7, 11) is 0. The minimum absolute atomic E-state index is 0.594. The molecule has 1 aliphatic rings. The van der Waals surface area contributed by atoms with E-state index in [1.807, 2.05) is 0 Å². The van der Waals surface area contributed by atoms with Gasteiger partial charge in [-0.1, -0.05) is 0 Å². The average Bonchev–Trinajstić information content (AvgIpc) is 2.64. The Hall–Kier alpha value is -1.10. The van der Waals surface area contributed by atoms with Crippen LogP contribution in [0, 0.1) is 0 Å². The van der Waals surface area contributed by atoms with Crippen LogP contribution in [0.3, 0.4) is 0 Å². The highest BCUT2D eigenvalue weighted by Gasteiger charge is 2.45. The number of carbonyl (C=O) groups excluding carboxylic acids is 1. The monoisotopic (exact) mass is 145 g/mol. The molecule has 0 aliphatic heterocycles. The first-order valence-electron chi connectivity index (χ1n) is 2.82. The zero-order valence-corrected chi connectivity index (χ0v) is 5.16. The molecule has 5 nitrogen and oxygen atoms in total. The molecule has 0 atom stereocenters. The Bertz CT molecular complexity index is 163. The van der Waals surface area contributed by atoms with Crippen LogP contribution in [0.5, 0.6) is 0 Å². The molecule has 0 aromatic heterocycles. The van der Waals surface area contributed by atoms with Gasteiger partial charge in [0.1, 0.15) is 0 Å². The van der Waals surface area contributed by atoms with E-state index >= 15 is 0 Å². The molecule has 0 bridgehead atoms. The molecular weight excluding hydrogens is 138 g/mol. The van der Waals surface area contributed by atoms with E-state index < -0.39 is 11.7 Å². The van der Waals surface area contributed by atoms with Gasteiger partial charge < -0.3 is 9.90 Å². The molecule has 0 aromatic rings. The molecule has 1 rings (SSSR count). The van der Waals surface area contributed by atoms with Crippen molar-refractivity contribution in [3.8, 4) is 0 Å². The van der Waals surface area contributed by atoms with E-state index in [4.69, 9.17) is 5.11 Å². The Kier molecular flexibility index (Phi) is 1.58. The summed E-state index contributed by atoms with van der Waals surface area (Å²) in [4.78, 5) is 24.5. The summed E-state index contributed by atoms with van der Waals surface area (Å²) in [5.74, 6) is 0. The van der Waals surface area contributed by atoms with Gasteiger partial charge in [0.15, 0.2) is 11.9 Å². The first kappa shape index (κ1) is 7.01. The molecule has 10 heavy (non-hydrogen) atoms. The van der Waals surface area contributed by atoms with Crippen LogP contribution in [0.4, 0.5) is 4.79 Å². The van der Waals surface area contributed by atoms with Crippen LogP contribution >= 0.6 is 0 Å². The zero-order valence-electron chi connectivity index (χ0n) is 5.16. The van der Waals surface area contributed by atoms with Crippen LogP contribution in [0.2, 0.25) is 0 Å². The van der Waals surface area contributed by atoms with Gasteiger partial charge in [0.05, 0.1) is 0 Å². The van der Waals surface area contributed by atoms with Crippen LogP contribution in [0.15, 0.2) is 0 Å². The number of hydrogen-bond acceptors (Lipinski definition) is 3. The minimum Gasteiger partial charge on any atom is -0.464 e. The smallest absolute Gasteiger partial charge is 0.428 e. The quantitative estimate of drug-likeness (QED) is 0.430. The fourth-order valence-corrected chi connectivity index (χ4v) is 0.512. The number of hydrogen-bond donors (Lipinski definition) is 2. The third-order valence-corrected chi connectivity index (χ3v) is 1.30. The van der Waals surface area contributed by atoms with E-state index in [1.54, 1.807) is 5.48 Å². The fourth-order valence-electron chi connectivity index (χ4n) is 0.512. The number of nitrogens with one attached hydrogen (secondary N) is 1. The Morgan fingerprint density at radius 3 is 2.60 bits per heavy atom. The Morgan fingerprint density at radius 1 is 1.70 bits per heavy atom. The lowest BCUT2D eigenvalue weighted by Crippen LogP contribution is -2.30. The highest BCUT2D eigenvalue weighted by Crippen LogP contribution is 2.36. The fraction of sp³-hybridized carbons (Fsp3) is 0.600. The van der Waals surface area contributed by atoms with Crippen molar-refractivity contribution in [3.05, 3.63) is 0 Å². The largest absolute Gasteiger partial charge is 0.464 e. The predicted octanol–water partition coefficient (Wildman–Crippen LogP) is -0.0829. The molecule has 1 saturated carbocycles. The normalized spacial score (nSPS) is 19.6. The second-order valence-electron chi connectivity index (χ2n) is 2.19. The van der Waals surface area contributed by atoms with Gasteiger partial charge in [-0.2, -0.15) is 5.48 Å². The van der Waals surface area contributed by atoms with E-state index in [0.717, 1.165) is 0 Å². The molecule has 0 radical (unpaired) electrons. The third-order valence-electron chi connectivity index (χ3n) is 1.30. The van der Waals surface area contributed by atoms with Crippen LogP contribution in [-0.4, -0.2) is 23.1 Å². The lowest BCUT2D eigenvalue weighted by atomic mass is 10.4. The van der Waals surface area contributed by atoms with Crippen molar-refractivity contribution in [2.24, 2.45) is 0 Å². The maximum Gasteiger partial charge on any atom is 0.428 e. The maximum atomic E-state index is 10.1. The molecular formula is C5H7NO4. The highest BCUT2D eigenvalue weighted by atomic mass is 16.7. The number of rotatable bonds is 3. The molecule has 0 spiro atoms. The number of hydroxylamine groups is 1. The van der Waals surface area contributed by atoms with Gasteiger partial charge in [0.2, 0.25) is 0 Å². The van der Waals surface area contributed by atoms with Crippen molar-refractivity contribution >= 4 is 12.4 Å². The van der Waals surface area contributed by atoms with Crippen LogP contribution in [0.25, 0.3) is 0 Å². The van der Waals surface area contributed by atoms with Crippen molar-refractivity contribution in [1.82, 2.24) is 5.48 Å². The number of carboxylic acid groups (broad SMARTS) is 1. The summed E-state index contributed by atoms with van der Waals surface area (Å²) >= 11 is 0. The van der Waals surface area contributed by atoms with E-state index in [9.17, 15) is 9.59 Å². The second-order valence-corrected chi connectivity index (χ2v) is 2.19. The summed E-state index contributed by atoms with van der Waals surface area (Å²) in [5, 5.41) is 8.05. The van der Waals surface area contributed by atoms with Crippen LogP contribution in [-0.2, 0) is 9.63 Å². The summed E-state index contributed by atoms with van der Waals surface area (Å²) < 4.78 is 0. The minimum atomic E-state index is -1.28. The van der Waals surface area contributed by atoms with Gasteiger partial charge in [0.25, 0.3) is 0 Å². The van der Waals surface area contributed by atoms with E-state index in [0.29, 0.717) is 19.1 Å². The second kappa shape index (κ2) is 2.26. The molecule has 5 heteroatoms. The SMILES string of the molecule is O=CC1(ONC(=O)O)CC1. The van der Waals surface area contributed by atoms with Gasteiger partial charge in [-0.05, 0) is 12.8 Å². The predicted molar refractivity (Wildman–Crippen MR) is 30.3 cm³/mol. The first-order chi connectivity index (χ1) is 4.68. The standard InChI is InChI=1S/C5H7NO4/c7-3-5(1-2-5)10-6-4(8)9/h3,6H,1-2H2,(H,8,9). The van der Waals surface area contributed by atoms with Crippen molar-refractivity contribution in [2.75, 3.05) is 0 Å². The van der Waals surface area contributed by atoms with Crippen LogP contribution < -0.4 is 5.48 Å². The van der Waals surface area contributed by atoms with Gasteiger partial charge in [-0.3, -0.25) is 4.84 Å². The third kappa shape index (κ3) is 1.44. The molecule has 0 aromatic carbocycles. The van der Waals surface area contributed by atoms with Crippen molar-refractivity contribution in [3.63, 3.8) is 0 Å². The van der Waals surface area contributed by atoms with Crippen molar-refractivity contribution in [2.45, 2.75) is 18.4 Å². The summed E-state index contributed by atoms with van der Waals surface area (Å²) in [5.41, 5.74) is 0.836. The van der Waals surface area contributed by atoms with Crippen molar-refractivity contribution < 1.29 is 19.5 Å². The van der Waals surface area contributed by atoms with E-state index in [1.165, 1.54) is 0 Å². The highest BCUT2D eigenvalue weighted by molar-refractivity contribution is 5.68. The summed E-state index contributed by atoms with van der Waals surface area (Å²) in [6.45, 7) is 0. The van der Waals surface area contributed by atoms with E-state index in [-0.39, 0.29) is 0 Å².